The number of rotatable bonds is 5. The number of nitrogens with one attached hydrogen (secondary N) is 2. The van der Waals surface area contributed by atoms with Gasteiger partial charge in [-0.1, -0.05) is 18.2 Å². The van der Waals surface area contributed by atoms with E-state index < -0.39 is 23.3 Å². The van der Waals surface area contributed by atoms with Crippen molar-refractivity contribution in [2.45, 2.75) is 25.4 Å². The molecule has 0 aliphatic carbocycles. The highest BCUT2D eigenvalue weighted by atomic mass is 35.5. The van der Waals surface area contributed by atoms with E-state index in [0.717, 1.165) is 30.1 Å². The van der Waals surface area contributed by atoms with Crippen molar-refractivity contribution in [3.05, 3.63) is 47.8 Å². The molecule has 3 amide bonds. The van der Waals surface area contributed by atoms with Crippen LogP contribution in [0.3, 0.4) is 0 Å². The molecule has 0 radical (unpaired) electrons. The Bertz CT molecular complexity index is 852. The third-order valence-corrected chi connectivity index (χ3v) is 4.58. The molecule has 2 N–H and O–H groups in total. The number of halogens is 4. The van der Waals surface area contributed by atoms with Crippen LogP contribution in [0, 0.1) is 0 Å². The van der Waals surface area contributed by atoms with Gasteiger partial charge in [-0.15, -0.1) is 12.4 Å². The lowest BCUT2D eigenvalue weighted by Crippen LogP contribution is -2.45. The first-order valence-electron chi connectivity index (χ1n) is 9.39. The number of nitrogens with zero attached hydrogens (tertiary/aromatic N) is 3. The molecule has 1 aromatic carbocycles. The highest BCUT2D eigenvalue weighted by Gasteiger charge is 2.39. The Morgan fingerprint density at radius 3 is 2.27 bits per heavy atom. The third kappa shape index (κ3) is 5.88. The molecule has 3 rings (SSSR count). The van der Waals surface area contributed by atoms with Gasteiger partial charge in [-0.25, -0.2) is 9.48 Å². The topological polar surface area (TPSA) is 79.3 Å². The highest BCUT2D eigenvalue weighted by molar-refractivity contribution is 5.95. The number of benzene rings is 1. The number of hydrogen-bond donors (Lipinski definition) is 2. The van der Waals surface area contributed by atoms with E-state index in [1.165, 1.54) is 0 Å². The summed E-state index contributed by atoms with van der Waals surface area (Å²) in [6.45, 7) is 1.50. The number of piperidine rings is 1. The second-order valence-corrected chi connectivity index (χ2v) is 6.70. The Morgan fingerprint density at radius 1 is 1.00 bits per heavy atom. The number of amides is 3. The van der Waals surface area contributed by atoms with Crippen molar-refractivity contribution in [2.24, 2.45) is 0 Å². The van der Waals surface area contributed by atoms with Crippen LogP contribution in [0.5, 0.6) is 0 Å². The summed E-state index contributed by atoms with van der Waals surface area (Å²) in [6, 6.07) is 8.00. The first kappa shape index (κ1) is 23.5. The van der Waals surface area contributed by atoms with Gasteiger partial charge in [0.15, 0.2) is 5.69 Å². The van der Waals surface area contributed by atoms with Crippen LogP contribution in [0.1, 0.15) is 35.3 Å². The van der Waals surface area contributed by atoms with E-state index in [2.05, 4.69) is 15.7 Å². The molecular weight excluding hydrogens is 423 g/mol. The number of likely N-dealkylation sites (tertiary alicyclic amines) is 1. The molecule has 0 unspecified atom stereocenters. The predicted molar refractivity (Wildman–Crippen MR) is 107 cm³/mol. The van der Waals surface area contributed by atoms with Gasteiger partial charge in [0.2, 0.25) is 0 Å². The molecular formula is C19H23ClF3N5O2. The summed E-state index contributed by atoms with van der Waals surface area (Å²) in [7, 11) is 0. The summed E-state index contributed by atoms with van der Waals surface area (Å²) < 4.78 is 41.0. The second kappa shape index (κ2) is 10.3. The molecule has 164 valence electrons. The van der Waals surface area contributed by atoms with Gasteiger partial charge in [-0.2, -0.15) is 18.3 Å². The molecule has 1 fully saturated rings. The maximum atomic E-state index is 13.3. The SMILES string of the molecule is Cl.O=C(NCCNC(=O)N1CCCCC1)c1cn(-c2ccccc2)nc1C(F)(F)F. The molecule has 30 heavy (non-hydrogen) atoms. The number of aromatic nitrogens is 2. The lowest BCUT2D eigenvalue weighted by Gasteiger charge is -2.26. The Balaban J connectivity index is 0.00000320. The lowest BCUT2D eigenvalue weighted by molar-refractivity contribution is -0.141. The smallest absolute Gasteiger partial charge is 0.350 e. The Labute approximate surface area is 178 Å². The summed E-state index contributed by atoms with van der Waals surface area (Å²) >= 11 is 0. The number of para-hydroxylation sites is 1. The third-order valence-electron chi connectivity index (χ3n) is 4.58. The molecule has 1 saturated heterocycles. The Kier molecular flexibility index (Phi) is 8.10. The van der Waals surface area contributed by atoms with E-state index in [0.29, 0.717) is 18.8 Å². The molecule has 0 saturated carbocycles. The minimum Gasteiger partial charge on any atom is -0.350 e. The van der Waals surface area contributed by atoms with Gasteiger partial charge < -0.3 is 15.5 Å². The largest absolute Gasteiger partial charge is 0.435 e. The molecule has 11 heteroatoms. The van der Waals surface area contributed by atoms with Crippen molar-refractivity contribution < 1.29 is 22.8 Å². The fraction of sp³-hybridized carbons (Fsp3) is 0.421. The first-order chi connectivity index (χ1) is 13.9. The van der Waals surface area contributed by atoms with Gasteiger partial charge in [0.05, 0.1) is 11.3 Å². The molecule has 2 heterocycles. The number of carbonyl (C=O) groups excluding carboxylic acids is 2. The molecule has 0 spiro atoms. The van der Waals surface area contributed by atoms with Crippen molar-refractivity contribution >= 4 is 24.3 Å². The van der Waals surface area contributed by atoms with E-state index in [1.54, 1.807) is 35.2 Å². The maximum absolute atomic E-state index is 13.3. The zero-order valence-corrected chi connectivity index (χ0v) is 16.9. The molecule has 1 aliphatic heterocycles. The number of urea groups is 1. The Hall–Kier alpha value is -2.75. The van der Waals surface area contributed by atoms with Crippen LogP contribution in [0.4, 0.5) is 18.0 Å². The standard InChI is InChI=1S/C19H22F3N5O2.ClH/c20-19(21,22)16-15(13-27(25-16)14-7-3-1-4-8-14)17(28)23-9-10-24-18(29)26-11-5-2-6-12-26;/h1,3-4,7-8,13H,2,5-6,9-12H2,(H,23,28)(H,24,29);1H. The summed E-state index contributed by atoms with van der Waals surface area (Å²) in [5.41, 5.74) is -1.41. The van der Waals surface area contributed by atoms with E-state index >= 15 is 0 Å². The van der Waals surface area contributed by atoms with Crippen molar-refractivity contribution in [3.8, 4) is 5.69 Å². The fourth-order valence-corrected chi connectivity index (χ4v) is 3.11. The van der Waals surface area contributed by atoms with E-state index in [9.17, 15) is 22.8 Å². The zero-order valence-electron chi connectivity index (χ0n) is 16.1. The predicted octanol–water partition coefficient (Wildman–Crippen LogP) is 3.24. The number of carbonyl (C=O) groups is 2. The fourth-order valence-electron chi connectivity index (χ4n) is 3.11. The minimum absolute atomic E-state index is 0. The van der Waals surface area contributed by atoms with Crippen molar-refractivity contribution in [1.82, 2.24) is 25.3 Å². The van der Waals surface area contributed by atoms with Crippen LogP contribution in [-0.2, 0) is 6.18 Å². The highest BCUT2D eigenvalue weighted by Crippen LogP contribution is 2.31. The van der Waals surface area contributed by atoms with Crippen molar-refractivity contribution in [2.75, 3.05) is 26.2 Å². The Morgan fingerprint density at radius 2 is 1.63 bits per heavy atom. The number of alkyl halides is 3. The quantitative estimate of drug-likeness (QED) is 0.693. The van der Waals surface area contributed by atoms with Gasteiger partial charge in [-0.05, 0) is 31.4 Å². The second-order valence-electron chi connectivity index (χ2n) is 6.70. The average Bonchev–Trinajstić information content (AvgIpc) is 3.18. The van der Waals surface area contributed by atoms with Crippen molar-refractivity contribution in [1.29, 1.82) is 0 Å². The van der Waals surface area contributed by atoms with Crippen LogP contribution < -0.4 is 10.6 Å². The molecule has 1 aromatic heterocycles. The molecule has 2 aromatic rings. The van der Waals surface area contributed by atoms with E-state index in [4.69, 9.17) is 0 Å². The number of hydrogen-bond acceptors (Lipinski definition) is 3. The maximum Gasteiger partial charge on any atom is 0.435 e. The summed E-state index contributed by atoms with van der Waals surface area (Å²) in [6.07, 6.45) is -0.710. The van der Waals surface area contributed by atoms with Crippen LogP contribution >= 0.6 is 12.4 Å². The first-order valence-corrected chi connectivity index (χ1v) is 9.39. The van der Waals surface area contributed by atoms with Crippen LogP contribution in [-0.4, -0.2) is 52.8 Å². The summed E-state index contributed by atoms with van der Waals surface area (Å²) in [5.74, 6) is -0.897. The molecule has 0 bridgehead atoms. The van der Waals surface area contributed by atoms with Gasteiger partial charge in [0.25, 0.3) is 5.91 Å². The molecule has 0 atom stereocenters. The van der Waals surface area contributed by atoms with E-state index in [1.807, 2.05) is 0 Å². The van der Waals surface area contributed by atoms with Gasteiger partial charge in [0.1, 0.15) is 0 Å². The monoisotopic (exact) mass is 445 g/mol. The van der Waals surface area contributed by atoms with Gasteiger partial charge in [-0.3, -0.25) is 4.79 Å². The lowest BCUT2D eigenvalue weighted by atomic mass is 10.1. The minimum atomic E-state index is -4.77. The van der Waals surface area contributed by atoms with Crippen LogP contribution in [0.25, 0.3) is 5.69 Å². The van der Waals surface area contributed by atoms with Gasteiger partial charge >= 0.3 is 12.2 Å². The van der Waals surface area contributed by atoms with Crippen molar-refractivity contribution in [3.63, 3.8) is 0 Å². The van der Waals surface area contributed by atoms with E-state index in [-0.39, 0.29) is 31.5 Å². The van der Waals surface area contributed by atoms with Gasteiger partial charge in [0, 0.05) is 32.4 Å². The van der Waals surface area contributed by atoms with Crippen LogP contribution in [0.15, 0.2) is 36.5 Å². The molecule has 7 nitrogen and oxygen atoms in total. The summed E-state index contributed by atoms with van der Waals surface area (Å²) in [4.78, 5) is 26.0. The zero-order chi connectivity index (χ0) is 20.9. The summed E-state index contributed by atoms with van der Waals surface area (Å²) in [5, 5.41) is 8.62. The average molecular weight is 446 g/mol. The van der Waals surface area contributed by atoms with Crippen LogP contribution in [0.2, 0.25) is 0 Å². The molecule has 1 aliphatic rings. The normalized spacial score (nSPS) is 14.0.